The molecule has 1 aliphatic rings. The Morgan fingerprint density at radius 1 is 0.528 bits per heavy atom. The Kier molecular flexibility index (Phi) is 12.8. The molecule has 270 valence electrons. The topological polar surface area (TPSA) is 149 Å². The molecule has 5 heterocycles. The summed E-state index contributed by atoms with van der Waals surface area (Å²) in [5.74, 6) is 4.14. The van der Waals surface area contributed by atoms with Crippen LogP contribution < -0.4 is 9.47 Å². The number of ether oxygens (including phenoxy) is 4. The van der Waals surface area contributed by atoms with Crippen molar-refractivity contribution in [3.8, 4) is 34.3 Å². The quantitative estimate of drug-likeness (QED) is 0.199. The van der Waals surface area contributed by atoms with Crippen LogP contribution in [0.3, 0.4) is 0 Å². The zero-order chi connectivity index (χ0) is 35.9. The van der Waals surface area contributed by atoms with Gasteiger partial charge in [-0.3, -0.25) is 9.97 Å². The summed E-state index contributed by atoms with van der Waals surface area (Å²) in [6.07, 6.45) is 12.3. The Morgan fingerprint density at radius 3 is 1.62 bits per heavy atom. The lowest BCUT2D eigenvalue weighted by Gasteiger charge is -2.11. The first-order valence-electron chi connectivity index (χ1n) is 17.0. The zero-order valence-corrected chi connectivity index (χ0v) is 30.3. The number of para-hydroxylation sites is 2. The normalized spacial score (nSPS) is 16.3. The van der Waals surface area contributed by atoms with E-state index in [1.54, 1.807) is 70.1 Å². The molecular formula is C37H36N10O4S2. The highest BCUT2D eigenvalue weighted by molar-refractivity contribution is 7.99. The van der Waals surface area contributed by atoms with E-state index in [1.165, 1.54) is 0 Å². The number of benzene rings is 2. The molecule has 0 N–H and O–H groups in total. The third kappa shape index (κ3) is 9.72. The maximum atomic E-state index is 6.07. The van der Waals surface area contributed by atoms with Gasteiger partial charge in [0.2, 0.25) is 10.3 Å². The highest BCUT2D eigenvalue weighted by atomic mass is 32.2. The van der Waals surface area contributed by atoms with Crippen molar-refractivity contribution < 1.29 is 18.9 Å². The molecule has 0 atom stereocenters. The van der Waals surface area contributed by atoms with Crippen molar-refractivity contribution in [2.75, 3.05) is 44.7 Å². The lowest BCUT2D eigenvalue weighted by Crippen LogP contribution is -2.13. The molecule has 0 bridgehead atoms. The van der Waals surface area contributed by atoms with Gasteiger partial charge in [-0.1, -0.05) is 47.8 Å². The Labute approximate surface area is 314 Å². The molecule has 16 heteroatoms. The standard InChI is InChI=1S/C37H36N10O4S2/c1-3-13-32-28(9-1)25-40-46-34(30-11-7-15-38-23-30)42-44-36(46)52-21-5-6-22-53-37-45-43-35(31-12-8-16-39-24-31)47(37)41-26-29-10-2-4-14-33(29)51-27-49-18-17-48-19-20-50-32/h1-4,7-16,23-26H,5-6,17-22,27H2/b40-25-,41-26-. The van der Waals surface area contributed by atoms with Crippen LogP contribution in [0, 0.1) is 0 Å². The maximum absolute atomic E-state index is 6.07. The molecule has 0 saturated heterocycles. The summed E-state index contributed by atoms with van der Waals surface area (Å²) in [6.45, 7) is 1.54. The van der Waals surface area contributed by atoms with Gasteiger partial charge in [-0.25, -0.2) is 0 Å². The van der Waals surface area contributed by atoms with Gasteiger partial charge in [0.25, 0.3) is 0 Å². The molecule has 0 fully saturated rings. The van der Waals surface area contributed by atoms with E-state index in [4.69, 9.17) is 29.2 Å². The van der Waals surface area contributed by atoms with Gasteiger partial charge in [-0.15, -0.1) is 20.4 Å². The van der Waals surface area contributed by atoms with E-state index in [1.807, 2.05) is 72.8 Å². The largest absolute Gasteiger partial charge is 0.491 e. The number of hydrogen-bond donors (Lipinski definition) is 0. The van der Waals surface area contributed by atoms with Crippen molar-refractivity contribution in [1.29, 1.82) is 0 Å². The van der Waals surface area contributed by atoms with Gasteiger partial charge in [0.15, 0.2) is 18.4 Å². The van der Waals surface area contributed by atoms with Crippen LogP contribution in [-0.4, -0.2) is 96.9 Å². The van der Waals surface area contributed by atoms with Gasteiger partial charge in [-0.05, 0) is 61.4 Å². The molecule has 7 rings (SSSR count). The van der Waals surface area contributed by atoms with Gasteiger partial charge in [0.1, 0.15) is 18.1 Å². The lowest BCUT2D eigenvalue weighted by atomic mass is 10.2. The maximum Gasteiger partial charge on any atom is 0.212 e. The predicted molar refractivity (Wildman–Crippen MR) is 204 cm³/mol. The van der Waals surface area contributed by atoms with E-state index in [0.29, 0.717) is 59.9 Å². The summed E-state index contributed by atoms with van der Waals surface area (Å²) in [7, 11) is 0. The van der Waals surface area contributed by atoms with Crippen LogP contribution in [0.25, 0.3) is 22.8 Å². The highest BCUT2D eigenvalue weighted by Crippen LogP contribution is 2.28. The average molecular weight is 749 g/mol. The molecule has 0 aliphatic carbocycles. The van der Waals surface area contributed by atoms with Crippen LogP contribution in [0.5, 0.6) is 11.5 Å². The minimum Gasteiger partial charge on any atom is -0.491 e. The molecular weight excluding hydrogens is 713 g/mol. The molecule has 1 aliphatic heterocycles. The van der Waals surface area contributed by atoms with Crippen LogP contribution in [0.4, 0.5) is 0 Å². The summed E-state index contributed by atoms with van der Waals surface area (Å²) in [6, 6.07) is 23.0. The monoisotopic (exact) mass is 748 g/mol. The number of fused-ring (bicyclic) bond motifs is 4. The Morgan fingerprint density at radius 2 is 1.06 bits per heavy atom. The first-order valence-corrected chi connectivity index (χ1v) is 19.0. The molecule has 0 amide bonds. The molecule has 14 nitrogen and oxygen atoms in total. The van der Waals surface area contributed by atoms with Gasteiger partial charge in [0.05, 0.1) is 32.2 Å². The second-order valence-corrected chi connectivity index (χ2v) is 13.4. The SMILES string of the molecule is C1=N\n2c(nnc2-c2cccnc2)SCCCCSc2nnc(-c3cccnc3)n2/N=C\c2ccccc2OCOCCOCCOc2ccccc2/1. The van der Waals surface area contributed by atoms with E-state index < -0.39 is 0 Å². The average Bonchev–Trinajstić information content (AvgIpc) is 3.81. The lowest BCUT2D eigenvalue weighted by molar-refractivity contribution is -0.0202. The first kappa shape index (κ1) is 36.0. The van der Waals surface area contributed by atoms with Gasteiger partial charge in [-0.2, -0.15) is 19.6 Å². The fourth-order valence-electron chi connectivity index (χ4n) is 5.07. The highest BCUT2D eigenvalue weighted by Gasteiger charge is 2.17. The zero-order valence-electron chi connectivity index (χ0n) is 28.7. The van der Waals surface area contributed by atoms with E-state index in [0.717, 1.165) is 46.6 Å². The van der Waals surface area contributed by atoms with E-state index >= 15 is 0 Å². The molecule has 53 heavy (non-hydrogen) atoms. The summed E-state index contributed by atoms with van der Waals surface area (Å²) in [5.41, 5.74) is 3.22. The summed E-state index contributed by atoms with van der Waals surface area (Å²) in [5, 5.41) is 28.9. The minimum absolute atomic E-state index is 0.0566. The summed E-state index contributed by atoms with van der Waals surface area (Å²) in [4.78, 5) is 8.54. The number of rotatable bonds is 2. The van der Waals surface area contributed by atoms with Crippen LogP contribution in [0.1, 0.15) is 24.0 Å². The number of nitrogens with zero attached hydrogens (tertiary/aromatic N) is 10. The number of aromatic nitrogens is 8. The third-order valence-corrected chi connectivity index (χ3v) is 9.69. The molecule has 6 aromatic rings. The fraction of sp³-hybridized carbons (Fsp3) is 0.243. The van der Waals surface area contributed by atoms with Crippen LogP contribution in [0.15, 0.2) is 118 Å². The van der Waals surface area contributed by atoms with E-state index in [2.05, 4.69) is 30.4 Å². The third-order valence-electron chi connectivity index (χ3n) is 7.68. The van der Waals surface area contributed by atoms with Crippen LogP contribution in [-0.2, 0) is 9.47 Å². The van der Waals surface area contributed by atoms with Crippen molar-refractivity contribution in [3.05, 3.63) is 109 Å². The summed E-state index contributed by atoms with van der Waals surface area (Å²) >= 11 is 3.20. The Balaban J connectivity index is 1.11. The predicted octanol–water partition coefficient (Wildman–Crippen LogP) is 6.18. The van der Waals surface area contributed by atoms with Crippen molar-refractivity contribution in [2.24, 2.45) is 10.2 Å². The van der Waals surface area contributed by atoms with Crippen LogP contribution in [0.2, 0.25) is 0 Å². The first-order chi connectivity index (χ1) is 26.3. The smallest absolute Gasteiger partial charge is 0.212 e. The van der Waals surface area contributed by atoms with Crippen molar-refractivity contribution in [1.82, 2.24) is 39.7 Å². The number of thioether (sulfide) groups is 2. The van der Waals surface area contributed by atoms with E-state index in [-0.39, 0.29) is 6.79 Å². The van der Waals surface area contributed by atoms with Gasteiger partial charge in [0, 0.05) is 58.5 Å². The molecule has 0 saturated carbocycles. The fourth-order valence-corrected chi connectivity index (χ4v) is 6.84. The molecule has 4 aromatic heterocycles. The van der Waals surface area contributed by atoms with Crippen molar-refractivity contribution in [3.63, 3.8) is 0 Å². The molecule has 0 unspecified atom stereocenters. The number of pyridine rings is 2. The number of hydrogen-bond acceptors (Lipinski definition) is 14. The van der Waals surface area contributed by atoms with Gasteiger partial charge >= 0.3 is 0 Å². The molecule has 0 spiro atoms. The molecule has 0 radical (unpaired) electrons. The minimum atomic E-state index is 0.0566. The second-order valence-electron chi connectivity index (χ2n) is 11.3. The van der Waals surface area contributed by atoms with Crippen molar-refractivity contribution in [2.45, 2.75) is 23.2 Å². The Hall–Kier alpha value is -5.42. The van der Waals surface area contributed by atoms with Gasteiger partial charge < -0.3 is 18.9 Å². The molecule has 2 aromatic carbocycles. The second kappa shape index (κ2) is 18.9. The van der Waals surface area contributed by atoms with Crippen LogP contribution >= 0.6 is 23.5 Å². The van der Waals surface area contributed by atoms with E-state index in [9.17, 15) is 0 Å². The Bertz CT molecular complexity index is 1960. The van der Waals surface area contributed by atoms with Crippen molar-refractivity contribution >= 4 is 36.0 Å². The summed E-state index contributed by atoms with van der Waals surface area (Å²) < 4.78 is 27.0.